The molecule has 0 N–H and O–H groups in total. The van der Waals surface area contributed by atoms with Crippen LogP contribution >= 0.6 is 0 Å². The smallest absolute Gasteiger partial charge is 0.246 e. The van der Waals surface area contributed by atoms with E-state index in [1.807, 2.05) is 30.3 Å². The number of nitrogens with zero attached hydrogens (tertiary/aromatic N) is 2. The quantitative estimate of drug-likeness (QED) is 0.610. The largest absolute Gasteiger partial charge is 0.338 e. The fourth-order valence-corrected chi connectivity index (χ4v) is 3.04. The summed E-state index contributed by atoms with van der Waals surface area (Å²) in [7, 11) is 0. The third kappa shape index (κ3) is 2.24. The van der Waals surface area contributed by atoms with Crippen LogP contribution < -0.4 is 0 Å². The van der Waals surface area contributed by atoms with Crippen LogP contribution in [-0.4, -0.2) is 40.6 Å². The van der Waals surface area contributed by atoms with Gasteiger partial charge in [-0.2, -0.15) is 0 Å². The summed E-state index contributed by atoms with van der Waals surface area (Å²) in [5, 5.41) is 0. The lowest BCUT2D eigenvalue weighted by Gasteiger charge is -2.19. The highest BCUT2D eigenvalue weighted by molar-refractivity contribution is 6.06. The third-order valence-corrected chi connectivity index (χ3v) is 4.16. The Bertz CT molecular complexity index is 587. The van der Waals surface area contributed by atoms with Crippen molar-refractivity contribution in [3.8, 4) is 0 Å². The molecule has 0 spiro atoms. The molecule has 2 saturated heterocycles. The number of amides is 3. The first-order chi connectivity index (χ1) is 10.1. The van der Waals surface area contributed by atoms with Crippen molar-refractivity contribution in [2.45, 2.75) is 6.54 Å². The average molecular weight is 284 g/mol. The average Bonchev–Trinajstić information content (AvgIpc) is 3.04. The van der Waals surface area contributed by atoms with Gasteiger partial charge < -0.3 is 4.90 Å². The van der Waals surface area contributed by atoms with Crippen molar-refractivity contribution in [2.75, 3.05) is 13.1 Å². The maximum absolute atomic E-state index is 12.4. The van der Waals surface area contributed by atoms with E-state index in [-0.39, 0.29) is 17.7 Å². The van der Waals surface area contributed by atoms with Gasteiger partial charge in [-0.1, -0.05) is 36.9 Å². The minimum atomic E-state index is -0.398. The number of benzene rings is 1. The van der Waals surface area contributed by atoms with Crippen molar-refractivity contribution < 1.29 is 14.4 Å². The van der Waals surface area contributed by atoms with Gasteiger partial charge in [0.1, 0.15) is 0 Å². The maximum atomic E-state index is 12.4. The molecule has 3 amide bonds. The normalized spacial score (nSPS) is 24.4. The lowest BCUT2D eigenvalue weighted by Crippen LogP contribution is -2.37. The highest BCUT2D eigenvalue weighted by atomic mass is 16.2. The highest BCUT2D eigenvalue weighted by Gasteiger charge is 2.52. The third-order valence-electron chi connectivity index (χ3n) is 4.16. The van der Waals surface area contributed by atoms with Crippen LogP contribution in [0, 0.1) is 11.8 Å². The number of imide groups is 1. The molecule has 0 radical (unpaired) electrons. The van der Waals surface area contributed by atoms with Gasteiger partial charge in [0, 0.05) is 13.1 Å². The number of fused-ring (bicyclic) bond motifs is 1. The second-order valence-electron chi connectivity index (χ2n) is 5.41. The molecule has 0 aromatic heterocycles. The van der Waals surface area contributed by atoms with Crippen LogP contribution in [-0.2, 0) is 20.9 Å². The number of rotatable bonds is 3. The first kappa shape index (κ1) is 13.5. The Hall–Kier alpha value is -2.43. The van der Waals surface area contributed by atoms with Gasteiger partial charge in [-0.05, 0) is 11.6 Å². The Morgan fingerprint density at radius 3 is 2.24 bits per heavy atom. The SMILES string of the molecule is C=CC(=O)N1C[C@@H]2C(=O)N(Cc3ccccc3)C(=O)[C@@H]2C1. The van der Waals surface area contributed by atoms with Crippen LogP contribution in [0.15, 0.2) is 43.0 Å². The van der Waals surface area contributed by atoms with Gasteiger partial charge in [-0.3, -0.25) is 19.3 Å². The van der Waals surface area contributed by atoms with E-state index in [9.17, 15) is 14.4 Å². The molecule has 0 saturated carbocycles. The van der Waals surface area contributed by atoms with Gasteiger partial charge in [0.25, 0.3) is 0 Å². The Morgan fingerprint density at radius 1 is 1.14 bits per heavy atom. The van der Waals surface area contributed by atoms with E-state index < -0.39 is 11.8 Å². The van der Waals surface area contributed by atoms with Crippen LogP contribution in [0.1, 0.15) is 5.56 Å². The summed E-state index contributed by atoms with van der Waals surface area (Å²) in [5.74, 6) is -1.36. The van der Waals surface area contributed by atoms with E-state index in [4.69, 9.17) is 0 Å². The molecule has 2 atom stereocenters. The second kappa shape index (κ2) is 5.16. The van der Waals surface area contributed by atoms with Crippen molar-refractivity contribution >= 4 is 17.7 Å². The summed E-state index contributed by atoms with van der Waals surface area (Å²) in [6.45, 7) is 4.36. The molecule has 0 unspecified atom stereocenters. The summed E-state index contributed by atoms with van der Waals surface area (Å²) in [6, 6.07) is 9.44. The number of hydrogen-bond acceptors (Lipinski definition) is 3. The number of carbonyl (C=O) groups excluding carboxylic acids is 3. The zero-order valence-electron chi connectivity index (χ0n) is 11.6. The first-order valence-corrected chi connectivity index (χ1v) is 6.92. The van der Waals surface area contributed by atoms with Gasteiger partial charge >= 0.3 is 0 Å². The van der Waals surface area contributed by atoms with Gasteiger partial charge in [0.2, 0.25) is 17.7 Å². The minimum Gasteiger partial charge on any atom is -0.338 e. The van der Waals surface area contributed by atoms with Crippen molar-refractivity contribution in [3.63, 3.8) is 0 Å². The predicted octanol–water partition coefficient (Wildman–Crippen LogP) is 0.816. The zero-order valence-corrected chi connectivity index (χ0v) is 11.6. The van der Waals surface area contributed by atoms with Crippen LogP contribution in [0.25, 0.3) is 0 Å². The lowest BCUT2D eigenvalue weighted by atomic mass is 10.00. The van der Waals surface area contributed by atoms with Gasteiger partial charge in [0.05, 0.1) is 18.4 Å². The van der Waals surface area contributed by atoms with Crippen molar-refractivity contribution in [1.29, 1.82) is 0 Å². The Kier molecular flexibility index (Phi) is 3.33. The number of likely N-dealkylation sites (tertiary alicyclic amines) is 2. The second-order valence-corrected chi connectivity index (χ2v) is 5.41. The molecule has 1 aromatic rings. The molecular weight excluding hydrogens is 268 g/mol. The topological polar surface area (TPSA) is 57.7 Å². The van der Waals surface area contributed by atoms with E-state index >= 15 is 0 Å². The molecule has 5 nitrogen and oxygen atoms in total. The minimum absolute atomic E-state index is 0.173. The molecule has 108 valence electrons. The van der Waals surface area contributed by atoms with Crippen molar-refractivity contribution in [2.24, 2.45) is 11.8 Å². The van der Waals surface area contributed by atoms with E-state index in [2.05, 4.69) is 6.58 Å². The summed E-state index contributed by atoms with van der Waals surface area (Å²) in [5.41, 5.74) is 0.929. The fourth-order valence-electron chi connectivity index (χ4n) is 3.04. The predicted molar refractivity (Wildman–Crippen MR) is 75.8 cm³/mol. The summed E-state index contributed by atoms with van der Waals surface area (Å²) in [6.07, 6.45) is 1.22. The van der Waals surface area contributed by atoms with Crippen molar-refractivity contribution in [3.05, 3.63) is 48.6 Å². The molecule has 3 rings (SSSR count). The molecule has 1 aromatic carbocycles. The summed E-state index contributed by atoms with van der Waals surface area (Å²) in [4.78, 5) is 39.2. The van der Waals surface area contributed by atoms with E-state index in [0.29, 0.717) is 19.6 Å². The Labute approximate surface area is 122 Å². The highest BCUT2D eigenvalue weighted by Crippen LogP contribution is 2.34. The standard InChI is InChI=1S/C16H16N2O3/c1-2-14(19)17-9-12-13(10-17)16(21)18(15(12)20)8-11-6-4-3-5-7-11/h2-7,12-13H,1,8-10H2/t12-,13+. The van der Waals surface area contributed by atoms with E-state index in [1.165, 1.54) is 15.9 Å². The Morgan fingerprint density at radius 2 is 1.71 bits per heavy atom. The molecule has 2 heterocycles. The van der Waals surface area contributed by atoms with Crippen LogP contribution in [0.5, 0.6) is 0 Å². The van der Waals surface area contributed by atoms with Gasteiger partial charge in [-0.25, -0.2) is 0 Å². The number of carbonyl (C=O) groups is 3. The van der Waals surface area contributed by atoms with Crippen LogP contribution in [0.4, 0.5) is 0 Å². The molecule has 0 bridgehead atoms. The zero-order chi connectivity index (χ0) is 15.0. The van der Waals surface area contributed by atoms with Crippen LogP contribution in [0.2, 0.25) is 0 Å². The fraction of sp³-hybridized carbons (Fsp3) is 0.312. The molecular formula is C16H16N2O3. The monoisotopic (exact) mass is 284 g/mol. The summed E-state index contributed by atoms with van der Waals surface area (Å²) < 4.78 is 0. The molecule has 2 aliphatic heterocycles. The van der Waals surface area contributed by atoms with E-state index in [1.54, 1.807) is 0 Å². The molecule has 5 heteroatoms. The first-order valence-electron chi connectivity index (χ1n) is 6.92. The van der Waals surface area contributed by atoms with Crippen LogP contribution in [0.3, 0.4) is 0 Å². The molecule has 2 fully saturated rings. The van der Waals surface area contributed by atoms with E-state index in [0.717, 1.165) is 5.56 Å². The summed E-state index contributed by atoms with van der Waals surface area (Å²) >= 11 is 0. The van der Waals surface area contributed by atoms with Crippen molar-refractivity contribution in [1.82, 2.24) is 9.80 Å². The van der Waals surface area contributed by atoms with Gasteiger partial charge in [-0.15, -0.1) is 0 Å². The molecule has 0 aliphatic carbocycles. The Balaban J connectivity index is 1.75. The number of hydrogen-bond donors (Lipinski definition) is 0. The van der Waals surface area contributed by atoms with Gasteiger partial charge in [0.15, 0.2) is 0 Å². The maximum Gasteiger partial charge on any atom is 0.246 e. The lowest BCUT2D eigenvalue weighted by molar-refractivity contribution is -0.141. The molecule has 2 aliphatic rings. The molecule has 21 heavy (non-hydrogen) atoms.